The van der Waals surface area contributed by atoms with Gasteiger partial charge in [-0.3, -0.25) is 0 Å². The van der Waals surface area contributed by atoms with Crippen LogP contribution in [0.15, 0.2) is 16.3 Å². The molecule has 0 saturated heterocycles. The Kier molecular flexibility index (Phi) is 4.02. The molecule has 0 unspecified atom stereocenters. The van der Waals surface area contributed by atoms with Crippen LogP contribution >= 0.6 is 24.0 Å². The number of aryl methyl sites for hydroxylation is 1. The van der Waals surface area contributed by atoms with Crippen LogP contribution in [0.5, 0.6) is 0 Å². The normalized spacial score (nSPS) is 10.4. The van der Waals surface area contributed by atoms with Crippen LogP contribution < -0.4 is 0 Å². The third-order valence-electron chi connectivity index (χ3n) is 1.73. The van der Waals surface area contributed by atoms with E-state index in [0.717, 1.165) is 0 Å². The molecule has 0 saturated carbocycles. The maximum atomic E-state index is 4.36. The van der Waals surface area contributed by atoms with Crippen molar-refractivity contribution in [2.24, 2.45) is 0 Å². The topological polar surface area (TPSA) is 0 Å². The minimum Gasteiger partial charge on any atom is -0.148 e. The molecule has 0 aromatic carbocycles. The van der Waals surface area contributed by atoms with Gasteiger partial charge in [-0.05, 0) is 24.3 Å². The Hall–Kier alpha value is 0.0500. The zero-order valence-electron chi connectivity index (χ0n) is 6.84. The molecule has 2 heteroatoms. The molecule has 0 N–H and O–H groups in total. The Balaban J connectivity index is 2.32. The largest absolute Gasteiger partial charge is 0.148 e. The van der Waals surface area contributed by atoms with Crippen molar-refractivity contribution >= 4 is 24.0 Å². The first-order valence-corrected chi connectivity index (χ1v) is 5.42. The summed E-state index contributed by atoms with van der Waals surface area (Å²) in [5, 5.41) is 2.11. The Morgan fingerprint density at radius 2 is 2.27 bits per heavy atom. The van der Waals surface area contributed by atoms with Crippen LogP contribution in [0.2, 0.25) is 0 Å². The van der Waals surface area contributed by atoms with Gasteiger partial charge in [0.25, 0.3) is 0 Å². The summed E-state index contributed by atoms with van der Waals surface area (Å²) in [4.78, 5) is 2.62. The molecule has 0 spiro atoms. The molecular formula is C9H14S2. The van der Waals surface area contributed by atoms with Gasteiger partial charge in [0.15, 0.2) is 0 Å². The lowest BCUT2D eigenvalue weighted by molar-refractivity contribution is 0.718. The van der Waals surface area contributed by atoms with Crippen LogP contribution in [-0.2, 0) is 6.42 Å². The molecule has 1 aromatic heterocycles. The summed E-state index contributed by atoms with van der Waals surface area (Å²) >= 11 is 6.19. The molecule has 0 bridgehead atoms. The SMILES string of the molecule is CCCCCc1sccc1S. The number of thiophene rings is 1. The fraction of sp³-hybridized carbons (Fsp3) is 0.556. The van der Waals surface area contributed by atoms with E-state index in [1.807, 2.05) is 11.3 Å². The zero-order chi connectivity index (χ0) is 8.10. The van der Waals surface area contributed by atoms with E-state index in [9.17, 15) is 0 Å². The maximum Gasteiger partial charge on any atom is 0.0179 e. The van der Waals surface area contributed by atoms with E-state index in [1.165, 1.54) is 35.5 Å². The zero-order valence-corrected chi connectivity index (χ0v) is 8.55. The summed E-state index contributed by atoms with van der Waals surface area (Å²) in [5.74, 6) is 0. The van der Waals surface area contributed by atoms with Crippen molar-refractivity contribution in [3.8, 4) is 0 Å². The van der Waals surface area contributed by atoms with Gasteiger partial charge in [-0.2, -0.15) is 0 Å². The number of thiol groups is 1. The predicted molar refractivity (Wildman–Crippen MR) is 54.8 cm³/mol. The highest BCUT2D eigenvalue weighted by Gasteiger charge is 1.98. The quantitative estimate of drug-likeness (QED) is 0.537. The van der Waals surface area contributed by atoms with Crippen molar-refractivity contribution in [3.05, 3.63) is 16.3 Å². The standard InChI is InChI=1S/C9H14S2/c1-2-3-4-5-9-8(10)6-7-11-9/h6-7,10H,2-5H2,1H3. The van der Waals surface area contributed by atoms with Crippen LogP contribution in [0.25, 0.3) is 0 Å². The number of unbranched alkanes of at least 4 members (excludes halogenated alkanes) is 2. The van der Waals surface area contributed by atoms with E-state index in [4.69, 9.17) is 0 Å². The summed E-state index contributed by atoms with van der Waals surface area (Å²) < 4.78 is 0. The van der Waals surface area contributed by atoms with Crippen molar-refractivity contribution < 1.29 is 0 Å². The Morgan fingerprint density at radius 1 is 1.45 bits per heavy atom. The van der Waals surface area contributed by atoms with Crippen molar-refractivity contribution in [1.29, 1.82) is 0 Å². The molecule has 0 aliphatic rings. The summed E-state index contributed by atoms with van der Waals surface area (Å²) in [6.07, 6.45) is 5.16. The van der Waals surface area contributed by atoms with Gasteiger partial charge in [0.2, 0.25) is 0 Å². The molecule has 0 atom stereocenters. The monoisotopic (exact) mass is 186 g/mol. The number of hydrogen-bond donors (Lipinski definition) is 1. The van der Waals surface area contributed by atoms with E-state index in [-0.39, 0.29) is 0 Å². The molecule has 0 amide bonds. The van der Waals surface area contributed by atoms with E-state index >= 15 is 0 Å². The van der Waals surface area contributed by atoms with Crippen LogP contribution in [0, 0.1) is 0 Å². The van der Waals surface area contributed by atoms with Gasteiger partial charge < -0.3 is 0 Å². The van der Waals surface area contributed by atoms with Crippen molar-refractivity contribution in [2.75, 3.05) is 0 Å². The van der Waals surface area contributed by atoms with Gasteiger partial charge in [0, 0.05) is 9.77 Å². The van der Waals surface area contributed by atoms with Gasteiger partial charge in [-0.15, -0.1) is 24.0 Å². The average Bonchev–Trinajstić information content (AvgIpc) is 2.37. The molecular weight excluding hydrogens is 172 g/mol. The Labute approximate surface area is 78.1 Å². The predicted octanol–water partition coefficient (Wildman–Crippen LogP) is 3.77. The second-order valence-corrected chi connectivity index (χ2v) is 4.17. The Bertz CT molecular complexity index is 203. The van der Waals surface area contributed by atoms with Gasteiger partial charge in [-0.1, -0.05) is 19.8 Å². The first kappa shape index (κ1) is 9.14. The van der Waals surface area contributed by atoms with E-state index in [2.05, 4.69) is 31.0 Å². The lowest BCUT2D eigenvalue weighted by atomic mass is 10.2. The highest BCUT2D eigenvalue weighted by Crippen LogP contribution is 2.22. The smallest absolute Gasteiger partial charge is 0.0179 e. The van der Waals surface area contributed by atoms with Gasteiger partial charge in [-0.25, -0.2) is 0 Å². The van der Waals surface area contributed by atoms with Gasteiger partial charge in [0.05, 0.1) is 0 Å². The fourth-order valence-electron chi connectivity index (χ4n) is 1.06. The lowest BCUT2D eigenvalue weighted by Gasteiger charge is -1.96. The van der Waals surface area contributed by atoms with Crippen molar-refractivity contribution in [2.45, 2.75) is 37.5 Å². The molecule has 0 radical (unpaired) electrons. The molecule has 1 aromatic rings. The number of hydrogen-bond acceptors (Lipinski definition) is 2. The molecule has 1 heterocycles. The van der Waals surface area contributed by atoms with Crippen molar-refractivity contribution in [3.63, 3.8) is 0 Å². The molecule has 0 aliphatic heterocycles. The molecule has 1 rings (SSSR count). The van der Waals surface area contributed by atoms with Gasteiger partial charge in [0.1, 0.15) is 0 Å². The third-order valence-corrected chi connectivity index (χ3v) is 3.28. The minimum atomic E-state index is 1.17. The summed E-state index contributed by atoms with van der Waals surface area (Å²) in [5.41, 5.74) is 0. The second kappa shape index (κ2) is 4.83. The summed E-state index contributed by atoms with van der Waals surface area (Å²) in [6, 6.07) is 2.08. The first-order chi connectivity index (χ1) is 5.34. The van der Waals surface area contributed by atoms with Crippen molar-refractivity contribution in [1.82, 2.24) is 0 Å². The number of rotatable bonds is 4. The van der Waals surface area contributed by atoms with Crippen LogP contribution in [0.1, 0.15) is 31.1 Å². The molecule has 11 heavy (non-hydrogen) atoms. The highest BCUT2D eigenvalue weighted by atomic mass is 32.1. The molecule has 0 aliphatic carbocycles. The second-order valence-electron chi connectivity index (χ2n) is 2.69. The minimum absolute atomic E-state index is 1.17. The molecule has 0 nitrogen and oxygen atoms in total. The third kappa shape index (κ3) is 2.88. The summed E-state index contributed by atoms with van der Waals surface area (Å²) in [7, 11) is 0. The van der Waals surface area contributed by atoms with Gasteiger partial charge >= 0.3 is 0 Å². The van der Waals surface area contributed by atoms with Crippen LogP contribution in [0.3, 0.4) is 0 Å². The van der Waals surface area contributed by atoms with Crippen LogP contribution in [0.4, 0.5) is 0 Å². The summed E-state index contributed by atoms with van der Waals surface area (Å²) in [6.45, 7) is 2.23. The Morgan fingerprint density at radius 3 is 2.82 bits per heavy atom. The maximum absolute atomic E-state index is 4.36. The fourth-order valence-corrected chi connectivity index (χ4v) is 2.32. The lowest BCUT2D eigenvalue weighted by Crippen LogP contribution is -1.80. The van der Waals surface area contributed by atoms with E-state index in [0.29, 0.717) is 0 Å². The first-order valence-electron chi connectivity index (χ1n) is 4.10. The van der Waals surface area contributed by atoms with Crippen LogP contribution in [-0.4, -0.2) is 0 Å². The van der Waals surface area contributed by atoms with E-state index < -0.39 is 0 Å². The highest BCUT2D eigenvalue weighted by molar-refractivity contribution is 7.80. The van der Waals surface area contributed by atoms with E-state index in [1.54, 1.807) is 0 Å². The average molecular weight is 186 g/mol. The molecule has 0 fully saturated rings. The molecule has 62 valence electrons.